The number of para-hydroxylation sites is 1. The molecule has 0 amide bonds. The summed E-state index contributed by atoms with van der Waals surface area (Å²) in [5, 5.41) is 3.49. The second-order valence-electron chi connectivity index (χ2n) is 4.81. The van der Waals surface area contributed by atoms with Crippen LogP contribution >= 0.6 is 0 Å². The minimum atomic E-state index is 0.0335. The van der Waals surface area contributed by atoms with Crippen LogP contribution in [-0.2, 0) is 0 Å². The van der Waals surface area contributed by atoms with Crippen LogP contribution in [0.3, 0.4) is 0 Å². The Morgan fingerprint density at radius 2 is 1.78 bits per heavy atom. The smallest absolute Gasteiger partial charge is 0.443 e. The SMILES string of the molecule is CB1NC(c2ccc(C)cc2)c2ccccc2O1. The van der Waals surface area contributed by atoms with Gasteiger partial charge in [0.15, 0.2) is 0 Å². The first-order chi connectivity index (χ1) is 8.74. The summed E-state index contributed by atoms with van der Waals surface area (Å²) >= 11 is 0. The number of hydrogen-bond donors (Lipinski definition) is 1. The van der Waals surface area contributed by atoms with E-state index in [-0.39, 0.29) is 13.1 Å². The van der Waals surface area contributed by atoms with Gasteiger partial charge >= 0.3 is 7.05 Å². The number of nitrogens with one attached hydrogen (secondary N) is 1. The average Bonchev–Trinajstić information content (AvgIpc) is 2.38. The molecule has 3 heteroatoms. The van der Waals surface area contributed by atoms with Crippen molar-refractivity contribution in [1.82, 2.24) is 5.23 Å². The Bertz CT molecular complexity index is 553. The van der Waals surface area contributed by atoms with Crippen LogP contribution in [0, 0.1) is 6.92 Å². The van der Waals surface area contributed by atoms with E-state index in [2.05, 4.69) is 48.5 Å². The lowest BCUT2D eigenvalue weighted by Crippen LogP contribution is -2.43. The van der Waals surface area contributed by atoms with E-state index >= 15 is 0 Å². The van der Waals surface area contributed by atoms with Crippen LogP contribution in [0.25, 0.3) is 0 Å². The zero-order valence-electron chi connectivity index (χ0n) is 10.7. The summed E-state index contributed by atoms with van der Waals surface area (Å²) < 4.78 is 5.80. The second kappa shape index (κ2) is 4.50. The highest BCUT2D eigenvalue weighted by Gasteiger charge is 2.28. The number of aryl methyl sites for hydroxylation is 1. The molecule has 0 saturated heterocycles. The molecule has 0 bridgehead atoms. The van der Waals surface area contributed by atoms with Gasteiger partial charge in [-0.05, 0) is 25.4 Å². The molecule has 0 radical (unpaired) electrons. The lowest BCUT2D eigenvalue weighted by molar-refractivity contribution is 0.496. The molecule has 0 aromatic heterocycles. The maximum absolute atomic E-state index is 5.80. The van der Waals surface area contributed by atoms with Crippen LogP contribution in [0.1, 0.15) is 22.7 Å². The van der Waals surface area contributed by atoms with E-state index in [4.69, 9.17) is 4.65 Å². The molecular weight excluding hydrogens is 221 g/mol. The zero-order valence-corrected chi connectivity index (χ0v) is 10.7. The number of rotatable bonds is 1. The van der Waals surface area contributed by atoms with Gasteiger partial charge in [0, 0.05) is 5.56 Å². The van der Waals surface area contributed by atoms with Crippen molar-refractivity contribution in [2.45, 2.75) is 19.8 Å². The molecule has 2 nitrogen and oxygen atoms in total. The maximum Gasteiger partial charge on any atom is 0.443 e. The second-order valence-corrected chi connectivity index (χ2v) is 4.81. The molecule has 2 aromatic rings. The molecule has 0 saturated carbocycles. The topological polar surface area (TPSA) is 21.3 Å². The molecule has 0 spiro atoms. The Morgan fingerprint density at radius 1 is 1.06 bits per heavy atom. The van der Waals surface area contributed by atoms with E-state index in [0.29, 0.717) is 0 Å². The quantitative estimate of drug-likeness (QED) is 0.769. The first kappa shape index (κ1) is 11.4. The Labute approximate surface area is 108 Å². The minimum absolute atomic E-state index is 0.0335. The zero-order chi connectivity index (χ0) is 12.5. The largest absolute Gasteiger partial charge is 0.546 e. The Balaban J connectivity index is 2.04. The number of hydrogen-bond acceptors (Lipinski definition) is 2. The first-order valence-corrected chi connectivity index (χ1v) is 6.32. The molecule has 1 atom stereocenters. The summed E-state index contributed by atoms with van der Waals surface area (Å²) in [6.07, 6.45) is 0. The summed E-state index contributed by atoms with van der Waals surface area (Å²) in [5.74, 6) is 0.981. The van der Waals surface area contributed by atoms with Crippen molar-refractivity contribution in [3.05, 3.63) is 65.2 Å². The Morgan fingerprint density at radius 3 is 2.56 bits per heavy atom. The Kier molecular flexibility index (Phi) is 2.84. The van der Waals surface area contributed by atoms with Gasteiger partial charge in [0.2, 0.25) is 0 Å². The van der Waals surface area contributed by atoms with Crippen molar-refractivity contribution in [3.63, 3.8) is 0 Å². The first-order valence-electron chi connectivity index (χ1n) is 6.32. The van der Waals surface area contributed by atoms with Gasteiger partial charge in [-0.2, -0.15) is 0 Å². The highest BCUT2D eigenvalue weighted by atomic mass is 16.4. The van der Waals surface area contributed by atoms with E-state index in [1.807, 2.05) is 19.0 Å². The molecule has 1 aliphatic heterocycles. The number of benzene rings is 2. The van der Waals surface area contributed by atoms with E-state index in [0.717, 1.165) is 5.75 Å². The third-order valence-corrected chi connectivity index (χ3v) is 3.35. The third kappa shape index (κ3) is 2.02. The predicted molar refractivity (Wildman–Crippen MR) is 74.8 cm³/mol. The van der Waals surface area contributed by atoms with Gasteiger partial charge in [-0.15, -0.1) is 0 Å². The van der Waals surface area contributed by atoms with Crippen LogP contribution in [0.4, 0.5) is 0 Å². The van der Waals surface area contributed by atoms with E-state index in [1.54, 1.807) is 0 Å². The highest BCUT2D eigenvalue weighted by Crippen LogP contribution is 2.33. The molecule has 1 N–H and O–H groups in total. The van der Waals surface area contributed by atoms with Gasteiger partial charge in [-0.25, -0.2) is 0 Å². The van der Waals surface area contributed by atoms with Crippen molar-refractivity contribution in [1.29, 1.82) is 0 Å². The maximum atomic E-state index is 5.80. The molecule has 90 valence electrons. The lowest BCUT2D eigenvalue weighted by Gasteiger charge is -2.30. The standard InChI is InChI=1S/C15H16BNO/c1-11-7-9-12(10-8-11)15-13-5-3-4-6-14(13)18-16(2)17-15/h3-10,15,17H,1-2H3. The van der Waals surface area contributed by atoms with Crippen molar-refractivity contribution in [2.24, 2.45) is 0 Å². The molecule has 1 heterocycles. The molecule has 1 aliphatic rings. The Hall–Kier alpha value is -1.74. The highest BCUT2D eigenvalue weighted by molar-refractivity contribution is 6.48. The summed E-state index contributed by atoms with van der Waals surface area (Å²) in [6, 6.07) is 17.1. The normalized spacial score (nSPS) is 18.1. The van der Waals surface area contributed by atoms with Crippen LogP contribution < -0.4 is 9.88 Å². The summed E-state index contributed by atoms with van der Waals surface area (Å²) in [6.45, 7) is 4.15. The lowest BCUT2D eigenvalue weighted by atomic mass is 9.80. The van der Waals surface area contributed by atoms with Gasteiger partial charge in [-0.1, -0.05) is 48.0 Å². The number of fused-ring (bicyclic) bond motifs is 1. The molecule has 1 unspecified atom stereocenters. The fraction of sp³-hybridized carbons (Fsp3) is 0.200. The van der Waals surface area contributed by atoms with Crippen molar-refractivity contribution in [2.75, 3.05) is 0 Å². The van der Waals surface area contributed by atoms with E-state index < -0.39 is 0 Å². The van der Waals surface area contributed by atoms with Gasteiger partial charge in [0.1, 0.15) is 5.75 Å². The van der Waals surface area contributed by atoms with Gasteiger partial charge in [0.05, 0.1) is 6.04 Å². The molecule has 18 heavy (non-hydrogen) atoms. The third-order valence-electron chi connectivity index (χ3n) is 3.35. The molecule has 0 aliphatic carbocycles. The minimum Gasteiger partial charge on any atom is -0.546 e. The monoisotopic (exact) mass is 237 g/mol. The van der Waals surface area contributed by atoms with Crippen molar-refractivity contribution < 1.29 is 4.65 Å². The predicted octanol–water partition coefficient (Wildman–Crippen LogP) is 3.18. The van der Waals surface area contributed by atoms with Crippen molar-refractivity contribution >= 4 is 7.05 Å². The summed E-state index contributed by atoms with van der Waals surface area (Å²) in [5.41, 5.74) is 3.77. The molecule has 3 rings (SSSR count). The van der Waals surface area contributed by atoms with Crippen LogP contribution in [0.5, 0.6) is 5.75 Å². The summed E-state index contributed by atoms with van der Waals surface area (Å²) in [4.78, 5) is 0. The fourth-order valence-corrected chi connectivity index (χ4v) is 2.41. The van der Waals surface area contributed by atoms with E-state index in [9.17, 15) is 0 Å². The van der Waals surface area contributed by atoms with Gasteiger partial charge in [0.25, 0.3) is 0 Å². The van der Waals surface area contributed by atoms with Crippen LogP contribution in [0.15, 0.2) is 48.5 Å². The molecule has 2 aromatic carbocycles. The van der Waals surface area contributed by atoms with Crippen molar-refractivity contribution in [3.8, 4) is 5.75 Å². The van der Waals surface area contributed by atoms with Gasteiger partial charge in [-0.3, -0.25) is 0 Å². The van der Waals surface area contributed by atoms with E-state index in [1.165, 1.54) is 16.7 Å². The fourth-order valence-electron chi connectivity index (χ4n) is 2.41. The van der Waals surface area contributed by atoms with Crippen LogP contribution in [0.2, 0.25) is 6.82 Å². The summed E-state index contributed by atoms with van der Waals surface area (Å²) in [7, 11) is 0.0335. The van der Waals surface area contributed by atoms with Gasteiger partial charge < -0.3 is 9.88 Å². The molecular formula is C15H16BNO. The van der Waals surface area contributed by atoms with Crippen LogP contribution in [-0.4, -0.2) is 7.05 Å². The molecule has 0 fully saturated rings. The average molecular weight is 237 g/mol.